The Morgan fingerprint density at radius 3 is 2.00 bits per heavy atom. The third-order valence-electron chi connectivity index (χ3n) is 4.61. The lowest BCUT2D eigenvalue weighted by molar-refractivity contribution is -0.143. The van der Waals surface area contributed by atoms with Gasteiger partial charge in [0.05, 0.1) is 12.0 Å². The molecule has 7 nitrogen and oxygen atoms in total. The fourth-order valence-corrected chi connectivity index (χ4v) is 4.42. The van der Waals surface area contributed by atoms with E-state index < -0.39 is 27.8 Å². The molecule has 1 unspecified atom stereocenters. The quantitative estimate of drug-likeness (QED) is 0.655. The fourth-order valence-electron chi connectivity index (χ4n) is 3.06. The Labute approximate surface area is 162 Å². The number of carbonyl (C=O) groups is 3. The first kappa shape index (κ1) is 19.9. The van der Waals surface area contributed by atoms with Crippen LogP contribution in [-0.2, 0) is 19.6 Å². The van der Waals surface area contributed by atoms with Crippen LogP contribution in [-0.4, -0.2) is 39.1 Å². The number of nitrogens with one attached hydrogen (secondary N) is 1. The number of esters is 1. The van der Waals surface area contributed by atoms with Crippen LogP contribution in [0, 0.1) is 5.92 Å². The van der Waals surface area contributed by atoms with Crippen molar-refractivity contribution in [2.24, 2.45) is 5.92 Å². The summed E-state index contributed by atoms with van der Waals surface area (Å²) in [5.74, 6) is -1.82. The minimum atomic E-state index is -4.13. The Bertz CT molecular complexity index is 1090. The highest BCUT2D eigenvalue weighted by molar-refractivity contribution is 7.89. The summed E-state index contributed by atoms with van der Waals surface area (Å²) in [5, 5.41) is 0. The number of ether oxygens (including phenoxy) is 1. The molecule has 0 aromatic heterocycles. The van der Waals surface area contributed by atoms with Gasteiger partial charge >= 0.3 is 5.97 Å². The summed E-state index contributed by atoms with van der Waals surface area (Å²) < 4.78 is 32.5. The van der Waals surface area contributed by atoms with Gasteiger partial charge in [-0.15, -0.1) is 0 Å². The van der Waals surface area contributed by atoms with Crippen LogP contribution in [0.1, 0.15) is 45.7 Å². The van der Waals surface area contributed by atoms with Crippen molar-refractivity contribution >= 4 is 27.6 Å². The lowest BCUT2D eigenvalue weighted by Gasteiger charge is -2.21. The molecule has 0 fully saturated rings. The van der Waals surface area contributed by atoms with Gasteiger partial charge in [0.15, 0.2) is 11.6 Å². The average molecular weight is 401 g/mol. The van der Waals surface area contributed by atoms with E-state index in [4.69, 9.17) is 0 Å². The molecule has 1 atom stereocenters. The minimum absolute atomic E-state index is 0.0192. The third-order valence-corrected chi connectivity index (χ3v) is 6.05. The molecule has 0 saturated carbocycles. The van der Waals surface area contributed by atoms with Gasteiger partial charge in [-0.25, -0.2) is 8.42 Å². The van der Waals surface area contributed by atoms with Crippen LogP contribution in [0.2, 0.25) is 0 Å². The second-order valence-electron chi connectivity index (χ2n) is 6.78. The number of hydrogen-bond acceptors (Lipinski definition) is 6. The molecule has 0 heterocycles. The Kier molecular flexibility index (Phi) is 5.18. The van der Waals surface area contributed by atoms with Gasteiger partial charge in [0.1, 0.15) is 6.04 Å². The Balaban J connectivity index is 2.03. The number of fused-ring (bicyclic) bond motifs is 2. The predicted octanol–water partition coefficient (Wildman–Crippen LogP) is 1.94. The van der Waals surface area contributed by atoms with Gasteiger partial charge < -0.3 is 4.74 Å². The van der Waals surface area contributed by atoms with Crippen LogP contribution in [0.15, 0.2) is 47.4 Å². The number of rotatable bonds is 5. The Morgan fingerprint density at radius 1 is 0.929 bits per heavy atom. The molecule has 0 saturated heterocycles. The van der Waals surface area contributed by atoms with Crippen LogP contribution in [0.5, 0.6) is 0 Å². The second-order valence-corrected chi connectivity index (χ2v) is 8.49. The molecule has 1 N–H and O–H groups in total. The second kappa shape index (κ2) is 7.29. The van der Waals surface area contributed by atoms with Crippen LogP contribution >= 0.6 is 0 Å². The fraction of sp³-hybridized carbons (Fsp3) is 0.250. The van der Waals surface area contributed by atoms with Gasteiger partial charge in [-0.1, -0.05) is 38.1 Å². The van der Waals surface area contributed by atoms with E-state index in [1.54, 1.807) is 32.0 Å². The zero-order chi connectivity index (χ0) is 20.6. The number of sulfonamides is 1. The predicted molar refractivity (Wildman–Crippen MR) is 101 cm³/mol. The number of carbonyl (C=O) groups excluding carboxylic acids is 3. The summed E-state index contributed by atoms with van der Waals surface area (Å²) >= 11 is 0. The Morgan fingerprint density at radius 2 is 1.46 bits per heavy atom. The zero-order valence-corrected chi connectivity index (χ0v) is 16.4. The third kappa shape index (κ3) is 3.36. The van der Waals surface area contributed by atoms with Gasteiger partial charge in [-0.05, 0) is 24.1 Å². The largest absolute Gasteiger partial charge is 0.468 e. The number of methoxy groups -OCH3 is 1. The number of ketones is 2. The zero-order valence-electron chi connectivity index (χ0n) is 15.6. The van der Waals surface area contributed by atoms with Gasteiger partial charge in [0.2, 0.25) is 10.0 Å². The van der Waals surface area contributed by atoms with Crippen LogP contribution in [0.25, 0.3) is 0 Å². The van der Waals surface area contributed by atoms with Crippen molar-refractivity contribution in [3.8, 4) is 0 Å². The molecule has 0 amide bonds. The molecule has 0 radical (unpaired) electrons. The maximum atomic E-state index is 12.8. The topological polar surface area (TPSA) is 107 Å². The molecule has 0 aliphatic heterocycles. The molecule has 2 aromatic carbocycles. The van der Waals surface area contributed by atoms with Crippen molar-refractivity contribution in [1.29, 1.82) is 0 Å². The summed E-state index contributed by atoms with van der Waals surface area (Å²) in [6.07, 6.45) is 0. The highest BCUT2D eigenvalue weighted by Crippen LogP contribution is 2.29. The first-order chi connectivity index (χ1) is 13.2. The summed E-state index contributed by atoms with van der Waals surface area (Å²) in [5.41, 5.74) is 0.693. The molecule has 0 spiro atoms. The molecule has 1 aliphatic rings. The van der Waals surface area contributed by atoms with Crippen LogP contribution < -0.4 is 4.72 Å². The monoisotopic (exact) mass is 401 g/mol. The van der Waals surface area contributed by atoms with Crippen molar-refractivity contribution in [2.75, 3.05) is 7.11 Å². The molecular weight excluding hydrogens is 382 g/mol. The number of benzene rings is 2. The highest BCUT2D eigenvalue weighted by Gasteiger charge is 2.33. The first-order valence-corrected chi connectivity index (χ1v) is 10.1. The SMILES string of the molecule is COC(=O)C(NS(=O)(=O)c1ccc2c(c1)C(=O)c1ccccc1C2=O)C(C)C. The highest BCUT2D eigenvalue weighted by atomic mass is 32.2. The standard InChI is InChI=1S/C20H19NO6S/c1-11(2)17(20(24)27-3)21-28(25,26)12-8-9-15-16(10-12)19(23)14-7-5-4-6-13(14)18(15)22/h4-11,17,21H,1-3H3. The van der Waals surface area contributed by atoms with Gasteiger partial charge in [-0.2, -0.15) is 4.72 Å². The lowest BCUT2D eigenvalue weighted by Crippen LogP contribution is -2.44. The van der Waals surface area contributed by atoms with Crippen molar-refractivity contribution in [2.45, 2.75) is 24.8 Å². The molecule has 1 aliphatic carbocycles. The van der Waals surface area contributed by atoms with Crippen LogP contribution in [0.3, 0.4) is 0 Å². The molecule has 8 heteroatoms. The molecule has 2 aromatic rings. The van der Waals surface area contributed by atoms with Gasteiger partial charge in [-0.3, -0.25) is 14.4 Å². The van der Waals surface area contributed by atoms with E-state index in [9.17, 15) is 22.8 Å². The molecule has 146 valence electrons. The summed E-state index contributed by atoms with van der Waals surface area (Å²) in [6.45, 7) is 3.35. The van der Waals surface area contributed by atoms with E-state index in [2.05, 4.69) is 9.46 Å². The summed E-state index contributed by atoms with van der Waals surface area (Å²) in [7, 11) is -2.95. The van der Waals surface area contributed by atoms with E-state index in [-0.39, 0.29) is 33.3 Å². The molecule has 28 heavy (non-hydrogen) atoms. The van der Waals surface area contributed by atoms with Crippen LogP contribution in [0.4, 0.5) is 0 Å². The van der Waals surface area contributed by atoms with Crippen molar-refractivity contribution in [1.82, 2.24) is 4.72 Å². The van der Waals surface area contributed by atoms with E-state index in [0.29, 0.717) is 5.56 Å². The molecular formula is C20H19NO6S. The minimum Gasteiger partial charge on any atom is -0.468 e. The maximum Gasteiger partial charge on any atom is 0.324 e. The smallest absolute Gasteiger partial charge is 0.324 e. The first-order valence-electron chi connectivity index (χ1n) is 8.60. The van der Waals surface area contributed by atoms with Gasteiger partial charge in [0.25, 0.3) is 0 Å². The lowest BCUT2D eigenvalue weighted by atomic mass is 9.84. The van der Waals surface area contributed by atoms with Gasteiger partial charge in [0, 0.05) is 22.3 Å². The van der Waals surface area contributed by atoms with E-state index >= 15 is 0 Å². The van der Waals surface area contributed by atoms with E-state index in [1.807, 2.05) is 0 Å². The Hall–Kier alpha value is -2.84. The normalized spacial score (nSPS) is 14.4. The average Bonchev–Trinajstić information content (AvgIpc) is 2.69. The van der Waals surface area contributed by atoms with Crippen molar-refractivity contribution < 1.29 is 27.5 Å². The maximum absolute atomic E-state index is 12.8. The van der Waals surface area contributed by atoms with E-state index in [1.165, 1.54) is 31.4 Å². The van der Waals surface area contributed by atoms with Crippen molar-refractivity contribution in [3.63, 3.8) is 0 Å². The molecule has 0 bridgehead atoms. The van der Waals surface area contributed by atoms with Crippen molar-refractivity contribution in [3.05, 3.63) is 64.7 Å². The number of hydrogen-bond donors (Lipinski definition) is 1. The summed E-state index contributed by atoms with van der Waals surface area (Å²) in [4.78, 5) is 37.1. The van der Waals surface area contributed by atoms with E-state index in [0.717, 1.165) is 0 Å². The summed E-state index contributed by atoms with van der Waals surface area (Å²) in [6, 6.07) is 9.06. The molecule has 3 rings (SSSR count).